The lowest BCUT2D eigenvalue weighted by Gasteiger charge is -2.10. The SMILES string of the molecule is Nc1nc(Cl)cc(Nc2cccc(OCc3cccnc3)c2)n1. The maximum Gasteiger partial charge on any atom is 0.223 e. The summed E-state index contributed by atoms with van der Waals surface area (Å²) < 4.78 is 5.75. The first-order chi connectivity index (χ1) is 11.2. The van der Waals surface area contributed by atoms with Crippen LogP contribution in [0.1, 0.15) is 5.56 Å². The Bertz CT molecular complexity index is 777. The molecule has 6 nitrogen and oxygen atoms in total. The van der Waals surface area contributed by atoms with Crippen molar-refractivity contribution in [1.82, 2.24) is 15.0 Å². The van der Waals surface area contributed by atoms with Crippen LogP contribution in [-0.4, -0.2) is 15.0 Å². The molecule has 0 aliphatic rings. The van der Waals surface area contributed by atoms with E-state index in [1.165, 1.54) is 0 Å². The summed E-state index contributed by atoms with van der Waals surface area (Å²) in [5, 5.41) is 3.40. The Morgan fingerprint density at radius 1 is 1.13 bits per heavy atom. The lowest BCUT2D eigenvalue weighted by molar-refractivity contribution is 0.306. The molecule has 0 radical (unpaired) electrons. The number of halogens is 1. The fraction of sp³-hybridized carbons (Fsp3) is 0.0625. The zero-order valence-electron chi connectivity index (χ0n) is 12.1. The molecule has 3 rings (SSSR count). The minimum Gasteiger partial charge on any atom is -0.489 e. The van der Waals surface area contributed by atoms with E-state index in [4.69, 9.17) is 22.1 Å². The highest BCUT2D eigenvalue weighted by Gasteiger charge is 2.03. The third-order valence-electron chi connectivity index (χ3n) is 2.95. The number of nitrogens with one attached hydrogen (secondary N) is 1. The van der Waals surface area contributed by atoms with Crippen LogP contribution in [0.5, 0.6) is 5.75 Å². The predicted octanol–water partition coefficient (Wildman–Crippen LogP) is 3.43. The summed E-state index contributed by atoms with van der Waals surface area (Å²) in [6, 6.07) is 12.9. The van der Waals surface area contributed by atoms with E-state index in [-0.39, 0.29) is 11.1 Å². The van der Waals surface area contributed by atoms with Gasteiger partial charge in [0.1, 0.15) is 23.3 Å². The van der Waals surface area contributed by atoms with E-state index in [1.54, 1.807) is 18.5 Å². The van der Waals surface area contributed by atoms with E-state index < -0.39 is 0 Å². The minimum atomic E-state index is 0.115. The second kappa shape index (κ2) is 6.93. The summed E-state index contributed by atoms with van der Waals surface area (Å²) in [7, 11) is 0. The molecule has 0 atom stereocenters. The number of hydrogen-bond acceptors (Lipinski definition) is 6. The van der Waals surface area contributed by atoms with Crippen molar-refractivity contribution >= 4 is 29.1 Å². The third-order valence-corrected chi connectivity index (χ3v) is 3.14. The van der Waals surface area contributed by atoms with Crippen LogP contribution in [0.15, 0.2) is 54.9 Å². The highest BCUT2D eigenvalue weighted by molar-refractivity contribution is 6.29. The van der Waals surface area contributed by atoms with Crippen molar-refractivity contribution in [3.63, 3.8) is 0 Å². The maximum atomic E-state index is 5.86. The van der Waals surface area contributed by atoms with Crippen LogP contribution >= 0.6 is 11.6 Å². The summed E-state index contributed by atoms with van der Waals surface area (Å²) in [6.07, 6.45) is 3.50. The van der Waals surface area contributed by atoms with Gasteiger partial charge in [-0.25, -0.2) is 4.98 Å². The molecule has 0 bridgehead atoms. The minimum absolute atomic E-state index is 0.115. The van der Waals surface area contributed by atoms with Gasteiger partial charge in [-0.3, -0.25) is 4.98 Å². The van der Waals surface area contributed by atoms with Crippen molar-refractivity contribution in [3.05, 3.63) is 65.6 Å². The van der Waals surface area contributed by atoms with E-state index in [9.17, 15) is 0 Å². The van der Waals surface area contributed by atoms with Crippen molar-refractivity contribution in [3.8, 4) is 5.75 Å². The second-order valence-electron chi connectivity index (χ2n) is 4.74. The fourth-order valence-electron chi connectivity index (χ4n) is 1.96. The lowest BCUT2D eigenvalue weighted by atomic mass is 10.3. The van der Waals surface area contributed by atoms with E-state index in [0.717, 1.165) is 17.0 Å². The summed E-state index contributed by atoms with van der Waals surface area (Å²) in [5.74, 6) is 1.36. The van der Waals surface area contributed by atoms with Crippen molar-refractivity contribution in [2.24, 2.45) is 0 Å². The Morgan fingerprint density at radius 3 is 2.83 bits per heavy atom. The molecular weight excluding hydrogens is 314 g/mol. The molecule has 0 aliphatic carbocycles. The number of aromatic nitrogens is 3. The number of pyridine rings is 1. The van der Waals surface area contributed by atoms with Gasteiger partial charge in [-0.05, 0) is 18.2 Å². The Balaban J connectivity index is 1.69. The van der Waals surface area contributed by atoms with E-state index in [2.05, 4.69) is 20.3 Å². The smallest absolute Gasteiger partial charge is 0.223 e. The molecule has 3 aromatic rings. The zero-order chi connectivity index (χ0) is 16.1. The van der Waals surface area contributed by atoms with Crippen LogP contribution in [0.4, 0.5) is 17.5 Å². The lowest BCUT2D eigenvalue weighted by Crippen LogP contribution is -2.00. The molecule has 2 heterocycles. The van der Waals surface area contributed by atoms with Gasteiger partial charge in [0.2, 0.25) is 5.95 Å². The van der Waals surface area contributed by atoms with Gasteiger partial charge in [0.05, 0.1) is 0 Å². The first-order valence-electron chi connectivity index (χ1n) is 6.88. The van der Waals surface area contributed by atoms with Gasteiger partial charge in [-0.2, -0.15) is 4.98 Å². The highest BCUT2D eigenvalue weighted by Crippen LogP contribution is 2.22. The van der Waals surface area contributed by atoms with Crippen LogP contribution in [0.2, 0.25) is 5.15 Å². The molecule has 0 saturated carbocycles. The van der Waals surface area contributed by atoms with Gasteiger partial charge in [-0.15, -0.1) is 0 Å². The molecule has 2 aromatic heterocycles. The Morgan fingerprint density at radius 2 is 2.04 bits per heavy atom. The number of nitrogen functional groups attached to an aromatic ring is 1. The van der Waals surface area contributed by atoms with Gasteiger partial charge < -0.3 is 15.8 Å². The number of nitrogens with zero attached hydrogens (tertiary/aromatic N) is 3. The van der Waals surface area contributed by atoms with Gasteiger partial charge in [0, 0.05) is 35.8 Å². The van der Waals surface area contributed by atoms with Crippen LogP contribution in [0, 0.1) is 0 Å². The molecular formula is C16H14ClN5O. The molecule has 116 valence electrons. The molecule has 0 aliphatic heterocycles. The molecule has 0 unspecified atom stereocenters. The molecule has 1 aromatic carbocycles. The standard InChI is InChI=1S/C16H14ClN5O/c17-14-8-15(22-16(18)21-14)20-12-4-1-5-13(7-12)23-10-11-3-2-6-19-9-11/h1-9H,10H2,(H3,18,20,21,22). The number of nitrogens with two attached hydrogens (primary N) is 1. The molecule has 0 spiro atoms. The monoisotopic (exact) mass is 327 g/mol. The Labute approximate surface area is 138 Å². The van der Waals surface area contributed by atoms with Crippen LogP contribution in [0.25, 0.3) is 0 Å². The Hall–Kier alpha value is -2.86. The third kappa shape index (κ3) is 4.31. The van der Waals surface area contributed by atoms with Gasteiger partial charge in [0.25, 0.3) is 0 Å². The fourth-order valence-corrected chi connectivity index (χ4v) is 2.15. The summed E-state index contributed by atoms with van der Waals surface area (Å²) >= 11 is 5.86. The van der Waals surface area contributed by atoms with Crippen LogP contribution in [-0.2, 0) is 6.61 Å². The van der Waals surface area contributed by atoms with Crippen LogP contribution in [0.3, 0.4) is 0 Å². The van der Waals surface area contributed by atoms with E-state index in [0.29, 0.717) is 12.4 Å². The van der Waals surface area contributed by atoms with Crippen molar-refractivity contribution < 1.29 is 4.74 Å². The topological polar surface area (TPSA) is 86.0 Å². The molecule has 3 N–H and O–H groups in total. The molecule has 23 heavy (non-hydrogen) atoms. The van der Waals surface area contributed by atoms with Crippen molar-refractivity contribution in [2.45, 2.75) is 6.61 Å². The summed E-state index contributed by atoms with van der Waals surface area (Å²) in [4.78, 5) is 11.9. The summed E-state index contributed by atoms with van der Waals surface area (Å²) in [5.41, 5.74) is 7.39. The Kier molecular flexibility index (Phi) is 4.54. The van der Waals surface area contributed by atoms with Crippen LogP contribution < -0.4 is 15.8 Å². The average Bonchev–Trinajstić information content (AvgIpc) is 2.53. The number of rotatable bonds is 5. The molecule has 7 heteroatoms. The van der Waals surface area contributed by atoms with Crippen molar-refractivity contribution in [2.75, 3.05) is 11.1 Å². The van der Waals surface area contributed by atoms with Gasteiger partial charge in [0.15, 0.2) is 0 Å². The summed E-state index contributed by atoms with van der Waals surface area (Å²) in [6.45, 7) is 0.448. The first-order valence-corrected chi connectivity index (χ1v) is 7.26. The number of hydrogen-bond donors (Lipinski definition) is 2. The molecule has 0 fully saturated rings. The normalized spacial score (nSPS) is 10.3. The van der Waals surface area contributed by atoms with Gasteiger partial charge >= 0.3 is 0 Å². The van der Waals surface area contributed by atoms with E-state index in [1.807, 2.05) is 36.4 Å². The maximum absolute atomic E-state index is 5.86. The number of ether oxygens (including phenoxy) is 1. The van der Waals surface area contributed by atoms with E-state index >= 15 is 0 Å². The van der Waals surface area contributed by atoms with Crippen molar-refractivity contribution in [1.29, 1.82) is 0 Å². The average molecular weight is 328 g/mol. The molecule has 0 saturated heterocycles. The van der Waals surface area contributed by atoms with Gasteiger partial charge in [-0.1, -0.05) is 23.7 Å². The quantitative estimate of drug-likeness (QED) is 0.698. The predicted molar refractivity (Wildman–Crippen MR) is 89.7 cm³/mol. The zero-order valence-corrected chi connectivity index (χ0v) is 12.9. The number of benzene rings is 1. The second-order valence-corrected chi connectivity index (χ2v) is 5.12. The molecule has 0 amide bonds. The first kappa shape index (κ1) is 15.1. The number of anilines is 3. The largest absolute Gasteiger partial charge is 0.489 e. The highest BCUT2D eigenvalue weighted by atomic mass is 35.5.